The molecule has 1 unspecified atom stereocenters. The van der Waals surface area contributed by atoms with E-state index >= 15 is 0 Å². The van der Waals surface area contributed by atoms with Crippen molar-refractivity contribution in [1.82, 2.24) is 0 Å². The Morgan fingerprint density at radius 2 is 1.88 bits per heavy atom. The van der Waals surface area contributed by atoms with Crippen molar-refractivity contribution in [2.24, 2.45) is 0 Å². The first-order chi connectivity index (χ1) is 7.82. The van der Waals surface area contributed by atoms with Gasteiger partial charge in [0.1, 0.15) is 11.7 Å². The molecule has 4 heteroatoms. The van der Waals surface area contributed by atoms with E-state index in [1.165, 1.54) is 6.42 Å². The Bertz CT molecular complexity index is 256. The molecule has 0 aromatic rings. The van der Waals surface area contributed by atoms with Crippen LogP contribution in [-0.2, 0) is 9.78 Å². The minimum Gasteiger partial charge on any atom is -0.251 e. The molecule has 2 N–H and O–H groups in total. The molecule has 16 heavy (non-hydrogen) atoms. The molecule has 0 spiro atoms. The Kier molecular flexibility index (Phi) is 3.97. The molecule has 0 aromatic heterocycles. The number of hydrogen-bond acceptors (Lipinski definition) is 4. The van der Waals surface area contributed by atoms with E-state index in [1.54, 1.807) is 0 Å². The molecular weight excluding hydrogens is 208 g/mol. The van der Waals surface area contributed by atoms with E-state index in [4.69, 9.17) is 10.1 Å². The molecule has 0 aromatic carbocycles. The summed E-state index contributed by atoms with van der Waals surface area (Å²) in [6.07, 6.45) is 9.45. The molecule has 1 atom stereocenters. The third-order valence-corrected chi connectivity index (χ3v) is 3.87. The van der Waals surface area contributed by atoms with E-state index in [-0.39, 0.29) is 6.10 Å². The molecule has 0 radical (unpaired) electrons. The van der Waals surface area contributed by atoms with Crippen molar-refractivity contribution in [3.63, 3.8) is 0 Å². The summed E-state index contributed by atoms with van der Waals surface area (Å²) in [6, 6.07) is 0. The van der Waals surface area contributed by atoms with Crippen LogP contribution in [0.3, 0.4) is 0 Å². The van der Waals surface area contributed by atoms with Gasteiger partial charge < -0.3 is 0 Å². The van der Waals surface area contributed by atoms with Gasteiger partial charge in [-0.15, -0.1) is 0 Å². The minimum absolute atomic E-state index is 0.306. The molecule has 0 aliphatic heterocycles. The quantitative estimate of drug-likeness (QED) is 0.442. The molecule has 0 heterocycles. The zero-order valence-electron chi connectivity index (χ0n) is 9.52. The highest BCUT2D eigenvalue weighted by Crippen LogP contribution is 2.41. The van der Waals surface area contributed by atoms with Crippen LogP contribution in [0.5, 0.6) is 0 Å². The summed E-state index contributed by atoms with van der Waals surface area (Å²) in [5, 5.41) is 18.2. The van der Waals surface area contributed by atoms with E-state index in [0.717, 1.165) is 50.5 Å². The topological polar surface area (TPSA) is 58.9 Å². The van der Waals surface area contributed by atoms with Crippen LogP contribution in [0, 0.1) is 0 Å². The van der Waals surface area contributed by atoms with E-state index in [1.807, 2.05) is 0 Å². The fraction of sp³-hybridized carbons (Fsp3) is 0.833. The van der Waals surface area contributed by atoms with Crippen LogP contribution in [0.25, 0.3) is 0 Å². The van der Waals surface area contributed by atoms with Crippen LogP contribution in [0.2, 0.25) is 0 Å². The lowest BCUT2D eigenvalue weighted by Gasteiger charge is -2.39. The molecule has 4 nitrogen and oxygen atoms in total. The highest BCUT2D eigenvalue weighted by molar-refractivity contribution is 5.24. The highest BCUT2D eigenvalue weighted by atomic mass is 17.1. The van der Waals surface area contributed by atoms with Crippen molar-refractivity contribution < 1.29 is 20.3 Å². The molecule has 2 rings (SSSR count). The SMILES string of the molecule is OOC1CCCC=C1C1(OO)CCCCC1. The van der Waals surface area contributed by atoms with Crippen molar-refractivity contribution in [2.75, 3.05) is 0 Å². The third kappa shape index (κ3) is 2.15. The first-order valence-electron chi connectivity index (χ1n) is 6.16. The standard InChI is InChI=1S/C12H20O4/c13-15-11-7-3-2-6-10(11)12(16-14)8-4-1-5-9-12/h6,11,13-14H,1-5,7-9H2. The third-order valence-electron chi connectivity index (χ3n) is 3.87. The molecule has 1 fully saturated rings. The molecule has 1 saturated carbocycles. The van der Waals surface area contributed by atoms with Crippen LogP contribution in [0.4, 0.5) is 0 Å². The number of hydrogen-bond donors (Lipinski definition) is 2. The van der Waals surface area contributed by atoms with Crippen LogP contribution < -0.4 is 0 Å². The van der Waals surface area contributed by atoms with Gasteiger partial charge in [-0.1, -0.05) is 25.3 Å². The number of allylic oxidation sites excluding steroid dienone is 1. The first-order valence-corrected chi connectivity index (χ1v) is 6.16. The maximum absolute atomic E-state index is 9.23. The van der Waals surface area contributed by atoms with E-state index in [2.05, 4.69) is 11.0 Å². The second kappa shape index (κ2) is 5.27. The van der Waals surface area contributed by atoms with Gasteiger partial charge in [-0.2, -0.15) is 0 Å². The Hall–Kier alpha value is -0.420. The van der Waals surface area contributed by atoms with E-state index in [9.17, 15) is 5.26 Å². The lowest BCUT2D eigenvalue weighted by molar-refractivity contribution is -0.331. The van der Waals surface area contributed by atoms with Gasteiger partial charge in [0.15, 0.2) is 0 Å². The summed E-state index contributed by atoms with van der Waals surface area (Å²) in [5.74, 6) is 0. The lowest BCUT2D eigenvalue weighted by Crippen LogP contribution is -2.42. The molecular formula is C12H20O4. The average Bonchev–Trinajstić information content (AvgIpc) is 2.39. The summed E-state index contributed by atoms with van der Waals surface area (Å²) in [4.78, 5) is 9.32. The van der Waals surface area contributed by atoms with Crippen LogP contribution in [-0.4, -0.2) is 22.2 Å². The molecule has 2 aliphatic carbocycles. The van der Waals surface area contributed by atoms with Gasteiger partial charge >= 0.3 is 0 Å². The summed E-state index contributed by atoms with van der Waals surface area (Å²) in [5.41, 5.74) is 0.329. The molecule has 2 aliphatic rings. The average molecular weight is 228 g/mol. The summed E-state index contributed by atoms with van der Waals surface area (Å²) >= 11 is 0. The van der Waals surface area contributed by atoms with Gasteiger partial charge in [-0.05, 0) is 37.7 Å². The summed E-state index contributed by atoms with van der Waals surface area (Å²) < 4.78 is 0. The maximum Gasteiger partial charge on any atom is 0.127 e. The van der Waals surface area contributed by atoms with Crippen molar-refractivity contribution in [3.8, 4) is 0 Å². The molecule has 0 saturated heterocycles. The lowest BCUT2D eigenvalue weighted by atomic mass is 9.74. The summed E-state index contributed by atoms with van der Waals surface area (Å²) in [6.45, 7) is 0. The fourth-order valence-corrected chi connectivity index (χ4v) is 2.99. The molecule has 92 valence electrons. The van der Waals surface area contributed by atoms with Crippen LogP contribution >= 0.6 is 0 Å². The highest BCUT2D eigenvalue weighted by Gasteiger charge is 2.42. The normalized spacial score (nSPS) is 29.9. The van der Waals surface area contributed by atoms with Gasteiger partial charge in [0.05, 0.1) is 0 Å². The van der Waals surface area contributed by atoms with Gasteiger partial charge in [0.2, 0.25) is 0 Å². The zero-order valence-corrected chi connectivity index (χ0v) is 9.52. The maximum atomic E-state index is 9.23. The Morgan fingerprint density at radius 1 is 1.12 bits per heavy atom. The van der Waals surface area contributed by atoms with Crippen molar-refractivity contribution >= 4 is 0 Å². The predicted octanol–water partition coefficient (Wildman–Crippen LogP) is 3.15. The zero-order chi connectivity index (χ0) is 11.4. The van der Waals surface area contributed by atoms with Gasteiger partial charge in [0.25, 0.3) is 0 Å². The first kappa shape index (κ1) is 12.0. The van der Waals surface area contributed by atoms with Crippen LogP contribution in [0.1, 0.15) is 51.4 Å². The predicted molar refractivity (Wildman–Crippen MR) is 59.0 cm³/mol. The van der Waals surface area contributed by atoms with Gasteiger partial charge in [0, 0.05) is 0 Å². The van der Waals surface area contributed by atoms with Crippen molar-refractivity contribution in [2.45, 2.75) is 63.1 Å². The van der Waals surface area contributed by atoms with Crippen molar-refractivity contribution in [3.05, 3.63) is 11.6 Å². The van der Waals surface area contributed by atoms with Crippen molar-refractivity contribution in [1.29, 1.82) is 0 Å². The molecule has 0 amide bonds. The summed E-state index contributed by atoms with van der Waals surface area (Å²) in [7, 11) is 0. The smallest absolute Gasteiger partial charge is 0.127 e. The fourth-order valence-electron chi connectivity index (χ4n) is 2.99. The van der Waals surface area contributed by atoms with Gasteiger partial charge in [-0.3, -0.25) is 10.5 Å². The molecule has 0 bridgehead atoms. The second-order valence-corrected chi connectivity index (χ2v) is 4.83. The monoisotopic (exact) mass is 228 g/mol. The van der Waals surface area contributed by atoms with Gasteiger partial charge in [-0.25, -0.2) is 9.78 Å². The second-order valence-electron chi connectivity index (χ2n) is 4.83. The van der Waals surface area contributed by atoms with E-state index < -0.39 is 5.60 Å². The minimum atomic E-state index is -0.605. The number of rotatable bonds is 3. The Balaban J connectivity index is 2.20. The largest absolute Gasteiger partial charge is 0.251 e. The Morgan fingerprint density at radius 3 is 2.50 bits per heavy atom. The van der Waals surface area contributed by atoms with Crippen LogP contribution in [0.15, 0.2) is 11.6 Å². The Labute approximate surface area is 95.7 Å². The van der Waals surface area contributed by atoms with E-state index in [0.29, 0.717) is 0 Å².